The van der Waals surface area contributed by atoms with Crippen LogP contribution in [-0.4, -0.2) is 40.3 Å². The lowest BCUT2D eigenvalue weighted by atomic mass is 9.81. The summed E-state index contributed by atoms with van der Waals surface area (Å²) in [5.41, 5.74) is 3.49. The zero-order chi connectivity index (χ0) is 17.4. The molecule has 2 aromatic rings. The Labute approximate surface area is 162 Å². The van der Waals surface area contributed by atoms with Crippen LogP contribution in [0.5, 0.6) is 0 Å². The van der Waals surface area contributed by atoms with Gasteiger partial charge in [-0.05, 0) is 89.7 Å². The number of piperidine rings is 1. The maximum atomic E-state index is 10.7. The van der Waals surface area contributed by atoms with Crippen LogP contribution in [-0.2, 0) is 6.42 Å². The van der Waals surface area contributed by atoms with Gasteiger partial charge < -0.3 is 10.2 Å². The Bertz CT molecular complexity index is 728. The van der Waals surface area contributed by atoms with E-state index in [1.807, 2.05) is 12.1 Å². The monoisotopic (exact) mass is 449 g/mol. The zero-order valence-electron chi connectivity index (χ0n) is 14.2. The summed E-state index contributed by atoms with van der Waals surface area (Å²) in [6.45, 7) is 1.96. The molecule has 0 saturated carbocycles. The molecule has 0 spiro atoms. The lowest BCUT2D eigenvalue weighted by Gasteiger charge is -2.43. The van der Waals surface area contributed by atoms with Crippen LogP contribution in [0.4, 0.5) is 0 Å². The summed E-state index contributed by atoms with van der Waals surface area (Å²) in [6, 6.07) is 16.9. The van der Waals surface area contributed by atoms with E-state index in [9.17, 15) is 10.2 Å². The predicted octanol–water partition coefficient (Wildman–Crippen LogP) is 3.49. The van der Waals surface area contributed by atoms with Gasteiger partial charge in [-0.2, -0.15) is 0 Å². The number of fused-ring (bicyclic) bond motifs is 1. The summed E-state index contributed by atoms with van der Waals surface area (Å²) in [5.74, 6) is 0.608. The number of aliphatic hydroxyl groups is 2. The number of likely N-dealkylation sites (tertiary alicyclic amines) is 1. The summed E-state index contributed by atoms with van der Waals surface area (Å²) in [6.07, 6.45) is 1.56. The van der Waals surface area contributed by atoms with E-state index in [1.165, 1.54) is 14.7 Å². The molecular weight excluding hydrogens is 425 g/mol. The maximum absolute atomic E-state index is 10.7. The van der Waals surface area contributed by atoms with Crippen LogP contribution in [0, 0.1) is 3.57 Å². The Morgan fingerprint density at radius 1 is 0.960 bits per heavy atom. The van der Waals surface area contributed by atoms with Gasteiger partial charge in [-0.15, -0.1) is 0 Å². The molecular formula is C21H24INO2. The SMILES string of the molecule is OC1c2ccc(I)cc2CC(N2CCC(c3ccccc3)CC2)C1O. The first-order chi connectivity index (χ1) is 12.1. The van der Waals surface area contributed by atoms with Gasteiger partial charge in [0.25, 0.3) is 0 Å². The molecule has 0 amide bonds. The van der Waals surface area contributed by atoms with Crippen molar-refractivity contribution >= 4 is 22.6 Å². The molecule has 1 saturated heterocycles. The third-order valence-electron chi connectivity index (χ3n) is 5.84. The topological polar surface area (TPSA) is 43.7 Å². The second kappa shape index (κ2) is 7.35. The van der Waals surface area contributed by atoms with Gasteiger partial charge in [0.05, 0.1) is 6.10 Å². The highest BCUT2D eigenvalue weighted by Gasteiger charge is 2.38. The molecule has 2 N–H and O–H groups in total. The van der Waals surface area contributed by atoms with Crippen molar-refractivity contribution in [2.24, 2.45) is 0 Å². The van der Waals surface area contributed by atoms with Crippen LogP contribution >= 0.6 is 22.6 Å². The lowest BCUT2D eigenvalue weighted by molar-refractivity contribution is -0.0537. The van der Waals surface area contributed by atoms with E-state index in [-0.39, 0.29) is 6.04 Å². The van der Waals surface area contributed by atoms with Crippen LogP contribution in [0.1, 0.15) is 41.6 Å². The molecule has 4 rings (SSSR count). The molecule has 3 unspecified atom stereocenters. The fourth-order valence-electron chi connectivity index (χ4n) is 4.41. The average molecular weight is 449 g/mol. The molecule has 0 bridgehead atoms. The first kappa shape index (κ1) is 17.5. The van der Waals surface area contributed by atoms with E-state index < -0.39 is 12.2 Å². The van der Waals surface area contributed by atoms with Crippen LogP contribution < -0.4 is 0 Å². The number of halogens is 1. The van der Waals surface area contributed by atoms with Gasteiger partial charge in [0.15, 0.2) is 0 Å². The third kappa shape index (κ3) is 3.50. The average Bonchev–Trinajstić information content (AvgIpc) is 2.65. The minimum atomic E-state index is -0.780. The number of hydrogen-bond acceptors (Lipinski definition) is 3. The van der Waals surface area contributed by atoms with Gasteiger partial charge in [0.2, 0.25) is 0 Å². The molecule has 1 aliphatic heterocycles. The molecule has 132 valence electrons. The highest BCUT2D eigenvalue weighted by Crippen LogP contribution is 2.36. The standard InChI is InChI=1S/C21H24INO2/c22-17-6-7-18-16(12-17)13-19(21(25)20(18)24)23-10-8-15(9-11-23)14-4-2-1-3-5-14/h1-7,12,15,19-21,24-25H,8-11,13H2. The molecule has 0 radical (unpaired) electrons. The Balaban J connectivity index is 1.48. The minimum absolute atomic E-state index is 0.0115. The first-order valence-corrected chi connectivity index (χ1v) is 10.1. The van der Waals surface area contributed by atoms with E-state index in [0.717, 1.165) is 37.9 Å². The fourth-order valence-corrected chi connectivity index (χ4v) is 4.97. The van der Waals surface area contributed by atoms with Gasteiger partial charge in [-0.25, -0.2) is 0 Å². The Morgan fingerprint density at radius 3 is 2.40 bits per heavy atom. The molecule has 4 heteroatoms. The number of aliphatic hydroxyl groups excluding tert-OH is 2. The molecule has 3 atom stereocenters. The van der Waals surface area contributed by atoms with E-state index in [0.29, 0.717) is 5.92 Å². The second-order valence-corrected chi connectivity index (χ2v) is 8.52. The van der Waals surface area contributed by atoms with Crippen molar-refractivity contribution in [1.29, 1.82) is 0 Å². The molecule has 1 aliphatic carbocycles. The highest BCUT2D eigenvalue weighted by atomic mass is 127. The smallest absolute Gasteiger partial charge is 0.107 e. The molecule has 2 aliphatic rings. The van der Waals surface area contributed by atoms with Crippen molar-refractivity contribution in [1.82, 2.24) is 4.90 Å². The fraction of sp³-hybridized carbons (Fsp3) is 0.429. The van der Waals surface area contributed by atoms with Crippen molar-refractivity contribution < 1.29 is 10.2 Å². The number of nitrogens with zero attached hydrogens (tertiary/aromatic N) is 1. The van der Waals surface area contributed by atoms with Crippen molar-refractivity contribution in [3.8, 4) is 0 Å². The van der Waals surface area contributed by atoms with E-state index in [2.05, 4.69) is 63.9 Å². The zero-order valence-corrected chi connectivity index (χ0v) is 16.3. The van der Waals surface area contributed by atoms with Crippen molar-refractivity contribution in [3.05, 3.63) is 68.8 Å². The van der Waals surface area contributed by atoms with Crippen molar-refractivity contribution in [3.63, 3.8) is 0 Å². The maximum Gasteiger partial charge on any atom is 0.107 e. The predicted molar refractivity (Wildman–Crippen MR) is 108 cm³/mol. The van der Waals surface area contributed by atoms with Gasteiger partial charge in [-0.1, -0.05) is 36.4 Å². The molecule has 2 aromatic carbocycles. The summed E-state index contributed by atoms with van der Waals surface area (Å²) in [5, 5.41) is 21.3. The Hall–Kier alpha value is -0.950. The second-order valence-electron chi connectivity index (χ2n) is 7.27. The quantitative estimate of drug-likeness (QED) is 0.691. The molecule has 1 fully saturated rings. The normalized spacial score (nSPS) is 27.9. The largest absolute Gasteiger partial charge is 0.388 e. The first-order valence-electron chi connectivity index (χ1n) is 9.07. The molecule has 0 aromatic heterocycles. The Kier molecular flexibility index (Phi) is 5.13. The third-order valence-corrected chi connectivity index (χ3v) is 6.51. The summed E-state index contributed by atoms with van der Waals surface area (Å²) in [7, 11) is 0. The number of benzene rings is 2. The van der Waals surface area contributed by atoms with Gasteiger partial charge in [0.1, 0.15) is 6.10 Å². The van der Waals surface area contributed by atoms with Crippen LogP contribution in [0.3, 0.4) is 0 Å². The van der Waals surface area contributed by atoms with E-state index >= 15 is 0 Å². The molecule has 3 nitrogen and oxygen atoms in total. The molecule has 1 heterocycles. The van der Waals surface area contributed by atoms with Crippen molar-refractivity contribution in [2.75, 3.05) is 13.1 Å². The van der Waals surface area contributed by atoms with Crippen molar-refractivity contribution in [2.45, 2.75) is 43.4 Å². The van der Waals surface area contributed by atoms with Gasteiger partial charge >= 0.3 is 0 Å². The van der Waals surface area contributed by atoms with Crippen LogP contribution in [0.25, 0.3) is 0 Å². The molecule has 25 heavy (non-hydrogen) atoms. The van der Waals surface area contributed by atoms with Crippen LogP contribution in [0.2, 0.25) is 0 Å². The summed E-state index contributed by atoms with van der Waals surface area (Å²) >= 11 is 2.31. The summed E-state index contributed by atoms with van der Waals surface area (Å²) in [4.78, 5) is 2.39. The van der Waals surface area contributed by atoms with E-state index in [1.54, 1.807) is 0 Å². The van der Waals surface area contributed by atoms with Crippen LogP contribution in [0.15, 0.2) is 48.5 Å². The summed E-state index contributed by atoms with van der Waals surface area (Å²) < 4.78 is 1.18. The van der Waals surface area contributed by atoms with Gasteiger partial charge in [0, 0.05) is 9.61 Å². The Morgan fingerprint density at radius 2 is 1.68 bits per heavy atom. The lowest BCUT2D eigenvalue weighted by Crippen LogP contribution is -2.52. The van der Waals surface area contributed by atoms with Gasteiger partial charge in [-0.3, -0.25) is 4.90 Å². The highest BCUT2D eigenvalue weighted by molar-refractivity contribution is 14.1. The number of hydrogen-bond donors (Lipinski definition) is 2. The minimum Gasteiger partial charge on any atom is -0.388 e. The number of rotatable bonds is 2. The van der Waals surface area contributed by atoms with E-state index in [4.69, 9.17) is 0 Å².